The van der Waals surface area contributed by atoms with Gasteiger partial charge in [0.05, 0.1) is 12.1 Å². The molecule has 2 amide bonds. The smallest absolute Gasteiger partial charge is 0.245 e. The molecule has 0 aromatic carbocycles. The quantitative estimate of drug-likeness (QED) is 0.848. The fourth-order valence-electron chi connectivity index (χ4n) is 2.34. The molecule has 0 bridgehead atoms. The van der Waals surface area contributed by atoms with Crippen LogP contribution in [-0.2, 0) is 16.0 Å². The molecule has 1 aromatic heterocycles. The van der Waals surface area contributed by atoms with Crippen molar-refractivity contribution >= 4 is 11.8 Å². The van der Waals surface area contributed by atoms with Gasteiger partial charge in [-0.3, -0.25) is 9.59 Å². The van der Waals surface area contributed by atoms with Gasteiger partial charge < -0.3 is 14.7 Å². The number of hydrogen-bond acceptors (Lipinski definition) is 4. The van der Waals surface area contributed by atoms with Crippen molar-refractivity contribution in [3.05, 3.63) is 17.0 Å². The van der Waals surface area contributed by atoms with Gasteiger partial charge in [-0.2, -0.15) is 0 Å². The van der Waals surface area contributed by atoms with E-state index < -0.39 is 5.54 Å². The molecule has 6 heteroatoms. The highest BCUT2D eigenvalue weighted by Crippen LogP contribution is 2.21. The SMILES string of the molecule is Cc1noc(C)c1CC(=O)N1CCNC(=O)C1(C)C. The Hall–Kier alpha value is -1.85. The van der Waals surface area contributed by atoms with Crippen LogP contribution in [0.25, 0.3) is 0 Å². The molecule has 1 aromatic rings. The molecule has 1 aliphatic rings. The van der Waals surface area contributed by atoms with Crippen LogP contribution in [0.15, 0.2) is 4.52 Å². The molecule has 19 heavy (non-hydrogen) atoms. The Morgan fingerprint density at radius 1 is 1.47 bits per heavy atom. The van der Waals surface area contributed by atoms with Crippen LogP contribution >= 0.6 is 0 Å². The van der Waals surface area contributed by atoms with Crippen molar-refractivity contribution in [1.82, 2.24) is 15.4 Å². The average molecular weight is 265 g/mol. The summed E-state index contributed by atoms with van der Waals surface area (Å²) < 4.78 is 5.06. The number of amides is 2. The maximum absolute atomic E-state index is 12.4. The number of nitrogens with zero attached hydrogens (tertiary/aromatic N) is 2. The molecule has 0 saturated carbocycles. The first-order valence-corrected chi connectivity index (χ1v) is 6.34. The van der Waals surface area contributed by atoms with E-state index in [9.17, 15) is 9.59 Å². The van der Waals surface area contributed by atoms with Crippen LogP contribution < -0.4 is 5.32 Å². The second-order valence-corrected chi connectivity index (χ2v) is 5.34. The van der Waals surface area contributed by atoms with E-state index in [1.165, 1.54) is 0 Å². The van der Waals surface area contributed by atoms with Crippen molar-refractivity contribution in [2.24, 2.45) is 0 Å². The first kappa shape index (κ1) is 13.6. The highest BCUT2D eigenvalue weighted by Gasteiger charge is 2.40. The predicted octanol–water partition coefficient (Wildman–Crippen LogP) is 0.571. The lowest BCUT2D eigenvalue weighted by atomic mass is 9.97. The van der Waals surface area contributed by atoms with Crippen molar-refractivity contribution < 1.29 is 14.1 Å². The maximum atomic E-state index is 12.4. The molecule has 6 nitrogen and oxygen atoms in total. The van der Waals surface area contributed by atoms with Gasteiger partial charge in [-0.1, -0.05) is 5.16 Å². The summed E-state index contributed by atoms with van der Waals surface area (Å²) in [6, 6.07) is 0. The topological polar surface area (TPSA) is 75.4 Å². The molecular formula is C13H19N3O3. The normalized spacial score (nSPS) is 18.3. The van der Waals surface area contributed by atoms with Crippen LogP contribution in [0.5, 0.6) is 0 Å². The summed E-state index contributed by atoms with van der Waals surface area (Å²) in [5, 5.41) is 6.62. The molecule has 0 radical (unpaired) electrons. The van der Waals surface area contributed by atoms with Gasteiger partial charge in [0, 0.05) is 18.7 Å². The summed E-state index contributed by atoms with van der Waals surface area (Å²) in [6.45, 7) is 8.14. The minimum Gasteiger partial charge on any atom is -0.361 e. The fourth-order valence-corrected chi connectivity index (χ4v) is 2.34. The van der Waals surface area contributed by atoms with Gasteiger partial charge in [0.1, 0.15) is 11.3 Å². The Morgan fingerprint density at radius 3 is 2.74 bits per heavy atom. The second-order valence-electron chi connectivity index (χ2n) is 5.34. The van der Waals surface area contributed by atoms with E-state index in [4.69, 9.17) is 4.52 Å². The highest BCUT2D eigenvalue weighted by molar-refractivity contribution is 5.92. The van der Waals surface area contributed by atoms with Crippen LogP contribution in [0.4, 0.5) is 0 Å². The van der Waals surface area contributed by atoms with Crippen LogP contribution in [0.2, 0.25) is 0 Å². The first-order valence-electron chi connectivity index (χ1n) is 6.34. The van der Waals surface area contributed by atoms with Gasteiger partial charge >= 0.3 is 0 Å². The zero-order valence-corrected chi connectivity index (χ0v) is 11.7. The third-order valence-corrected chi connectivity index (χ3v) is 3.66. The van der Waals surface area contributed by atoms with Crippen molar-refractivity contribution in [3.63, 3.8) is 0 Å². The average Bonchev–Trinajstić information content (AvgIpc) is 2.64. The van der Waals surface area contributed by atoms with E-state index in [0.29, 0.717) is 18.8 Å². The van der Waals surface area contributed by atoms with Crippen molar-refractivity contribution in [2.75, 3.05) is 13.1 Å². The van der Waals surface area contributed by atoms with Crippen LogP contribution in [0.1, 0.15) is 30.9 Å². The summed E-state index contributed by atoms with van der Waals surface area (Å²) in [4.78, 5) is 25.9. The molecule has 1 fully saturated rings. The standard InChI is InChI=1S/C13H19N3O3/c1-8-10(9(2)19-15-8)7-11(17)16-6-5-14-12(18)13(16,3)4/h5-7H2,1-4H3,(H,14,18). The van der Waals surface area contributed by atoms with Crippen LogP contribution in [-0.4, -0.2) is 40.5 Å². The van der Waals surface area contributed by atoms with E-state index in [-0.39, 0.29) is 18.2 Å². The van der Waals surface area contributed by atoms with Gasteiger partial charge in [-0.25, -0.2) is 0 Å². The highest BCUT2D eigenvalue weighted by atomic mass is 16.5. The van der Waals surface area contributed by atoms with E-state index >= 15 is 0 Å². The lowest BCUT2D eigenvalue weighted by Crippen LogP contribution is -2.63. The molecular weight excluding hydrogens is 246 g/mol. The summed E-state index contributed by atoms with van der Waals surface area (Å²) in [6.07, 6.45) is 0.220. The minimum atomic E-state index is -0.811. The van der Waals surface area contributed by atoms with E-state index in [2.05, 4.69) is 10.5 Å². The van der Waals surface area contributed by atoms with Crippen LogP contribution in [0, 0.1) is 13.8 Å². The van der Waals surface area contributed by atoms with Gasteiger partial charge in [0.25, 0.3) is 0 Å². The lowest BCUT2D eigenvalue weighted by Gasteiger charge is -2.41. The molecule has 2 rings (SSSR count). The lowest BCUT2D eigenvalue weighted by molar-refractivity contribution is -0.148. The Balaban J connectivity index is 2.18. The number of carbonyl (C=O) groups excluding carboxylic acids is 2. The van der Waals surface area contributed by atoms with E-state index in [0.717, 1.165) is 11.3 Å². The maximum Gasteiger partial charge on any atom is 0.245 e. The number of nitrogens with one attached hydrogen (secondary N) is 1. The molecule has 1 N–H and O–H groups in total. The Labute approximate surface area is 112 Å². The molecule has 2 heterocycles. The largest absolute Gasteiger partial charge is 0.361 e. The van der Waals surface area contributed by atoms with Crippen molar-refractivity contribution in [3.8, 4) is 0 Å². The predicted molar refractivity (Wildman–Crippen MR) is 68.5 cm³/mol. The fraction of sp³-hybridized carbons (Fsp3) is 0.615. The van der Waals surface area contributed by atoms with Gasteiger partial charge in [0.2, 0.25) is 11.8 Å². The molecule has 0 unspecified atom stereocenters. The number of aromatic nitrogens is 1. The molecule has 104 valence electrons. The monoisotopic (exact) mass is 265 g/mol. The summed E-state index contributed by atoms with van der Waals surface area (Å²) in [5.41, 5.74) is 0.728. The third kappa shape index (κ3) is 2.34. The van der Waals surface area contributed by atoms with Crippen molar-refractivity contribution in [2.45, 2.75) is 39.7 Å². The number of aryl methyl sites for hydroxylation is 2. The first-order chi connectivity index (χ1) is 8.84. The van der Waals surface area contributed by atoms with Crippen molar-refractivity contribution in [1.29, 1.82) is 0 Å². The molecule has 1 aliphatic heterocycles. The van der Waals surface area contributed by atoms with E-state index in [1.54, 1.807) is 25.7 Å². The zero-order valence-electron chi connectivity index (χ0n) is 11.7. The summed E-state index contributed by atoms with van der Waals surface area (Å²) in [7, 11) is 0. The number of rotatable bonds is 2. The van der Waals surface area contributed by atoms with Gasteiger partial charge in [-0.05, 0) is 27.7 Å². The molecule has 1 saturated heterocycles. The van der Waals surface area contributed by atoms with Gasteiger partial charge in [0.15, 0.2) is 0 Å². The third-order valence-electron chi connectivity index (χ3n) is 3.66. The number of piperazine rings is 1. The Kier molecular flexibility index (Phi) is 3.34. The van der Waals surface area contributed by atoms with E-state index in [1.807, 2.05) is 6.92 Å². The zero-order chi connectivity index (χ0) is 14.2. The Bertz CT molecular complexity index is 500. The second kappa shape index (κ2) is 4.68. The molecule has 0 atom stereocenters. The van der Waals surface area contributed by atoms with Gasteiger partial charge in [-0.15, -0.1) is 0 Å². The molecule has 0 aliphatic carbocycles. The summed E-state index contributed by atoms with van der Waals surface area (Å²) in [5.74, 6) is 0.463. The number of carbonyl (C=O) groups is 2. The number of hydrogen-bond donors (Lipinski definition) is 1. The minimum absolute atomic E-state index is 0.0748. The van der Waals surface area contributed by atoms with Crippen LogP contribution in [0.3, 0.4) is 0 Å². The summed E-state index contributed by atoms with van der Waals surface area (Å²) >= 11 is 0. The molecule has 0 spiro atoms. The Morgan fingerprint density at radius 2 is 2.16 bits per heavy atom.